The van der Waals surface area contributed by atoms with Gasteiger partial charge in [0.15, 0.2) is 5.69 Å². The summed E-state index contributed by atoms with van der Waals surface area (Å²) in [6.07, 6.45) is -8.17. The van der Waals surface area contributed by atoms with Crippen molar-refractivity contribution in [1.82, 2.24) is 9.97 Å². The summed E-state index contributed by atoms with van der Waals surface area (Å²) in [6.45, 7) is 0.489. The number of carbonyl (C=O) groups excluding carboxylic acids is 1. The smallest absolute Gasteiger partial charge is 0.430 e. The van der Waals surface area contributed by atoms with Crippen molar-refractivity contribution < 1.29 is 40.7 Å². The maximum atomic E-state index is 13.6. The van der Waals surface area contributed by atoms with Crippen molar-refractivity contribution in [1.29, 1.82) is 0 Å². The lowest BCUT2D eigenvalue weighted by atomic mass is 9.83. The number of benzene rings is 2. The number of rotatable bonds is 5. The summed E-state index contributed by atoms with van der Waals surface area (Å²) in [5.74, 6) is -2.10. The molecule has 14 heteroatoms. The van der Waals surface area contributed by atoms with Crippen LogP contribution in [0.1, 0.15) is 40.2 Å². The van der Waals surface area contributed by atoms with E-state index >= 15 is 0 Å². The molecule has 0 aliphatic carbocycles. The van der Waals surface area contributed by atoms with Crippen LogP contribution in [-0.4, -0.2) is 34.1 Å². The molecular weight excluding hydrogens is 590 g/mol. The summed E-state index contributed by atoms with van der Waals surface area (Å²) in [5.41, 5.74) is -3.55. The zero-order valence-corrected chi connectivity index (χ0v) is 22.2. The number of aliphatic hydroxyl groups is 1. The average molecular weight is 611 g/mol. The highest BCUT2D eigenvalue weighted by molar-refractivity contribution is 6.31. The number of nitrogens with zero attached hydrogens (tertiary/aromatic N) is 3. The molecule has 0 bridgehead atoms. The summed E-state index contributed by atoms with van der Waals surface area (Å²) in [5, 5.41) is 13.0. The van der Waals surface area contributed by atoms with Crippen molar-refractivity contribution >= 4 is 29.0 Å². The first kappa shape index (κ1) is 29.4. The number of oxazole rings is 1. The fraction of sp³-hybridized carbons (Fsp3) is 0.250. The minimum absolute atomic E-state index is 0.0869. The standard InChI is InChI=1S/C28H21ClF6N4O3/c29-20-8-6-17(14-19(20)27(30,31)32)26(41)10-12-39(13-11-26)21-9-7-18(15-36-21)37-24(40)22-23(28(33,34)35)38-25(42-22)16-4-2-1-3-5-16/h1-9,14-15,41H,10-13H2,(H,37,40). The van der Waals surface area contributed by atoms with Crippen LogP contribution in [0.2, 0.25) is 5.02 Å². The Kier molecular flexibility index (Phi) is 7.66. The first-order valence-electron chi connectivity index (χ1n) is 12.5. The number of anilines is 2. The molecular formula is C28H21ClF6N4O3. The summed E-state index contributed by atoms with van der Waals surface area (Å²) >= 11 is 5.70. The lowest BCUT2D eigenvalue weighted by molar-refractivity contribution is -0.141. The largest absolute Gasteiger partial charge is 0.437 e. The second-order valence-corrected chi connectivity index (χ2v) is 10.0. The van der Waals surface area contributed by atoms with Gasteiger partial charge in [0.05, 0.1) is 28.1 Å². The summed E-state index contributed by atoms with van der Waals surface area (Å²) in [7, 11) is 0. The van der Waals surface area contributed by atoms with Gasteiger partial charge in [0.1, 0.15) is 5.82 Å². The van der Waals surface area contributed by atoms with Gasteiger partial charge in [-0.3, -0.25) is 4.79 Å². The van der Waals surface area contributed by atoms with Crippen LogP contribution in [0.3, 0.4) is 0 Å². The number of hydrogen-bond acceptors (Lipinski definition) is 6. The van der Waals surface area contributed by atoms with Crippen molar-refractivity contribution in [2.75, 3.05) is 23.3 Å². The van der Waals surface area contributed by atoms with Gasteiger partial charge in [-0.05, 0) is 54.8 Å². The highest BCUT2D eigenvalue weighted by atomic mass is 35.5. The Labute approximate surface area is 239 Å². The first-order valence-corrected chi connectivity index (χ1v) is 12.9. The molecule has 1 aliphatic heterocycles. The molecule has 3 heterocycles. The number of carbonyl (C=O) groups is 1. The fourth-order valence-electron chi connectivity index (χ4n) is 4.63. The van der Waals surface area contributed by atoms with Crippen LogP contribution in [0.4, 0.5) is 37.8 Å². The third-order valence-electron chi connectivity index (χ3n) is 6.85. The van der Waals surface area contributed by atoms with Crippen molar-refractivity contribution in [3.05, 3.63) is 94.5 Å². The van der Waals surface area contributed by atoms with E-state index in [0.717, 1.165) is 12.1 Å². The van der Waals surface area contributed by atoms with Gasteiger partial charge in [-0.1, -0.05) is 35.9 Å². The maximum Gasteiger partial charge on any atom is 0.437 e. The molecule has 0 saturated carbocycles. The van der Waals surface area contributed by atoms with E-state index in [1.54, 1.807) is 23.1 Å². The number of halogens is 7. The molecule has 2 aromatic carbocycles. The molecule has 42 heavy (non-hydrogen) atoms. The number of alkyl halides is 6. The Balaban J connectivity index is 1.27. The predicted molar refractivity (Wildman–Crippen MR) is 141 cm³/mol. The van der Waals surface area contributed by atoms with Crippen LogP contribution in [0, 0.1) is 0 Å². The molecule has 2 N–H and O–H groups in total. The Morgan fingerprint density at radius 3 is 2.26 bits per heavy atom. The van der Waals surface area contributed by atoms with Crippen LogP contribution in [0.25, 0.3) is 11.5 Å². The van der Waals surface area contributed by atoms with E-state index < -0.39 is 45.9 Å². The Hall–Kier alpha value is -4.10. The van der Waals surface area contributed by atoms with Crippen LogP contribution < -0.4 is 10.2 Å². The number of hydrogen-bond donors (Lipinski definition) is 2. The molecule has 4 aromatic rings. The van der Waals surface area contributed by atoms with Crippen LogP contribution in [-0.2, 0) is 18.0 Å². The highest BCUT2D eigenvalue weighted by Gasteiger charge is 2.42. The Morgan fingerprint density at radius 1 is 0.976 bits per heavy atom. The van der Waals surface area contributed by atoms with Gasteiger partial charge in [0, 0.05) is 18.7 Å². The molecule has 1 amide bonds. The summed E-state index contributed by atoms with van der Waals surface area (Å²) < 4.78 is 85.9. The second kappa shape index (κ2) is 11.0. The molecule has 1 aliphatic rings. The van der Waals surface area contributed by atoms with Crippen LogP contribution in [0.15, 0.2) is 71.3 Å². The highest BCUT2D eigenvalue weighted by Crippen LogP contribution is 2.40. The molecule has 220 valence electrons. The van der Waals surface area contributed by atoms with Crippen LogP contribution in [0.5, 0.6) is 0 Å². The predicted octanol–water partition coefficient (Wildman–Crippen LogP) is 7.17. The van der Waals surface area contributed by atoms with Gasteiger partial charge in [-0.25, -0.2) is 9.97 Å². The quantitative estimate of drug-likeness (QED) is 0.233. The third-order valence-corrected chi connectivity index (χ3v) is 7.18. The van der Waals surface area contributed by atoms with Gasteiger partial charge < -0.3 is 19.7 Å². The maximum absolute atomic E-state index is 13.6. The zero-order chi connectivity index (χ0) is 30.3. The molecule has 0 atom stereocenters. The van der Waals surface area contributed by atoms with E-state index in [0.29, 0.717) is 5.82 Å². The van der Waals surface area contributed by atoms with Gasteiger partial charge in [0.2, 0.25) is 11.7 Å². The van der Waals surface area contributed by atoms with Gasteiger partial charge in [-0.2, -0.15) is 26.3 Å². The Morgan fingerprint density at radius 2 is 1.67 bits per heavy atom. The van der Waals surface area contributed by atoms with Crippen molar-refractivity contribution in [3.8, 4) is 11.5 Å². The number of amides is 1. The molecule has 0 unspecified atom stereocenters. The van der Waals surface area contributed by atoms with Crippen molar-refractivity contribution in [2.45, 2.75) is 30.8 Å². The number of pyridine rings is 1. The van der Waals surface area contributed by atoms with Crippen molar-refractivity contribution in [2.24, 2.45) is 0 Å². The second-order valence-electron chi connectivity index (χ2n) is 9.63. The average Bonchev–Trinajstić information content (AvgIpc) is 3.41. The van der Waals surface area contributed by atoms with Gasteiger partial charge in [-0.15, -0.1) is 0 Å². The molecule has 2 aromatic heterocycles. The van der Waals surface area contributed by atoms with Crippen molar-refractivity contribution in [3.63, 3.8) is 0 Å². The lowest BCUT2D eigenvalue weighted by Crippen LogP contribution is -2.43. The minimum atomic E-state index is -4.94. The lowest BCUT2D eigenvalue weighted by Gasteiger charge is -2.39. The van der Waals surface area contributed by atoms with E-state index in [2.05, 4.69) is 15.3 Å². The number of aromatic nitrogens is 2. The monoisotopic (exact) mass is 610 g/mol. The topological polar surface area (TPSA) is 91.5 Å². The fourth-order valence-corrected chi connectivity index (χ4v) is 4.86. The Bertz CT molecular complexity index is 1580. The van der Waals surface area contributed by atoms with E-state index in [1.165, 1.54) is 36.5 Å². The number of piperidine rings is 1. The molecule has 5 rings (SSSR count). The normalized spacial score (nSPS) is 15.5. The summed E-state index contributed by atoms with van der Waals surface area (Å²) in [4.78, 5) is 22.3. The molecule has 7 nitrogen and oxygen atoms in total. The molecule has 0 spiro atoms. The van der Waals surface area contributed by atoms with E-state index in [9.17, 15) is 36.2 Å². The minimum Gasteiger partial charge on any atom is -0.430 e. The zero-order valence-electron chi connectivity index (χ0n) is 21.4. The van der Waals surface area contributed by atoms with Gasteiger partial charge in [0.25, 0.3) is 5.91 Å². The SMILES string of the molecule is O=C(Nc1ccc(N2CCC(O)(c3ccc(Cl)c(C(F)(F)F)c3)CC2)nc1)c1oc(-c2ccccc2)nc1C(F)(F)F. The molecule has 0 radical (unpaired) electrons. The van der Waals surface area contributed by atoms with E-state index in [1.807, 2.05) is 0 Å². The van der Waals surface area contributed by atoms with E-state index in [4.69, 9.17) is 16.0 Å². The molecule has 1 saturated heterocycles. The first-order chi connectivity index (χ1) is 19.7. The number of nitrogens with one attached hydrogen (secondary N) is 1. The molecule has 1 fully saturated rings. The summed E-state index contributed by atoms with van der Waals surface area (Å²) in [6, 6.07) is 14.1. The van der Waals surface area contributed by atoms with E-state index in [-0.39, 0.29) is 48.6 Å². The van der Waals surface area contributed by atoms with Crippen LogP contribution >= 0.6 is 11.6 Å². The van der Waals surface area contributed by atoms with Gasteiger partial charge >= 0.3 is 12.4 Å². The third kappa shape index (κ3) is 6.07.